The molecule has 0 amide bonds. The largest absolute Gasteiger partial charge is 0.383 e. The van der Waals surface area contributed by atoms with Crippen molar-refractivity contribution in [3.05, 3.63) is 48.6 Å². The van der Waals surface area contributed by atoms with Crippen molar-refractivity contribution in [1.29, 1.82) is 0 Å². The summed E-state index contributed by atoms with van der Waals surface area (Å²) in [5, 5.41) is 3.44. The van der Waals surface area contributed by atoms with Gasteiger partial charge in [-0.05, 0) is 12.5 Å². The van der Waals surface area contributed by atoms with Crippen molar-refractivity contribution in [3.63, 3.8) is 0 Å². The molecule has 82 valence electrons. The fraction of sp³-hybridized carbons (Fsp3) is 0.385. The second-order valence-electron chi connectivity index (χ2n) is 3.61. The number of benzene rings is 1. The Morgan fingerprint density at radius 1 is 1.40 bits per heavy atom. The molecular weight excluding hydrogens is 186 g/mol. The van der Waals surface area contributed by atoms with E-state index in [2.05, 4.69) is 31.0 Å². The van der Waals surface area contributed by atoms with Crippen LogP contribution in [0, 0.1) is 0 Å². The van der Waals surface area contributed by atoms with Crippen molar-refractivity contribution in [2.24, 2.45) is 0 Å². The molecule has 0 heterocycles. The van der Waals surface area contributed by atoms with Crippen LogP contribution in [0.5, 0.6) is 0 Å². The summed E-state index contributed by atoms with van der Waals surface area (Å²) < 4.78 is 5.21. The van der Waals surface area contributed by atoms with E-state index >= 15 is 0 Å². The first-order chi connectivity index (χ1) is 7.27. The Kier molecular flexibility index (Phi) is 5.08. The number of nitrogens with one attached hydrogen (secondary N) is 1. The Balaban J connectivity index is 2.69. The first-order valence-electron chi connectivity index (χ1n) is 5.20. The van der Waals surface area contributed by atoms with Crippen LogP contribution in [0.4, 0.5) is 0 Å². The highest BCUT2D eigenvalue weighted by atomic mass is 16.5. The Labute approximate surface area is 92.0 Å². The average Bonchev–Trinajstić information content (AvgIpc) is 2.29. The summed E-state index contributed by atoms with van der Waals surface area (Å²) in [7, 11) is 1.72. The molecule has 0 aliphatic carbocycles. The lowest BCUT2D eigenvalue weighted by molar-refractivity contribution is 0.164. The second kappa shape index (κ2) is 6.38. The highest BCUT2D eigenvalue weighted by Gasteiger charge is 2.11. The summed E-state index contributed by atoms with van der Waals surface area (Å²) in [5.74, 6) is 0. The van der Waals surface area contributed by atoms with Gasteiger partial charge >= 0.3 is 0 Å². The molecule has 2 heteroatoms. The molecule has 0 aliphatic rings. The number of hydrogen-bond donors (Lipinski definition) is 1. The summed E-state index contributed by atoms with van der Waals surface area (Å²) in [5.41, 5.74) is 1.24. The van der Waals surface area contributed by atoms with Crippen LogP contribution in [-0.2, 0) is 4.74 Å². The minimum Gasteiger partial charge on any atom is -0.383 e. The lowest BCUT2D eigenvalue weighted by atomic mass is 10.1. The van der Waals surface area contributed by atoms with Crippen LogP contribution in [0.2, 0.25) is 0 Å². The summed E-state index contributed by atoms with van der Waals surface area (Å²) >= 11 is 0. The first-order valence-corrected chi connectivity index (χ1v) is 5.20. The Hall–Kier alpha value is -1.12. The van der Waals surface area contributed by atoms with Gasteiger partial charge in [-0.15, -0.1) is 6.58 Å². The third-order valence-corrected chi connectivity index (χ3v) is 2.35. The minimum absolute atomic E-state index is 0.226. The fourth-order valence-electron chi connectivity index (χ4n) is 1.48. The molecule has 0 saturated heterocycles. The average molecular weight is 205 g/mol. The zero-order valence-electron chi connectivity index (χ0n) is 9.44. The third kappa shape index (κ3) is 3.86. The quantitative estimate of drug-likeness (QED) is 0.721. The summed E-state index contributed by atoms with van der Waals surface area (Å²) in [6.07, 6.45) is 1.89. The van der Waals surface area contributed by atoms with E-state index in [4.69, 9.17) is 4.74 Å². The van der Waals surface area contributed by atoms with Crippen molar-refractivity contribution < 1.29 is 4.74 Å². The van der Waals surface area contributed by atoms with Gasteiger partial charge in [0.05, 0.1) is 12.6 Å². The molecule has 1 rings (SSSR count). The van der Waals surface area contributed by atoms with Gasteiger partial charge in [-0.1, -0.05) is 36.4 Å². The number of hydrogen-bond acceptors (Lipinski definition) is 2. The molecule has 2 nitrogen and oxygen atoms in total. The van der Waals surface area contributed by atoms with Crippen molar-refractivity contribution in [3.8, 4) is 0 Å². The first kappa shape index (κ1) is 12.0. The molecular formula is C13H19NO. The molecule has 0 spiro atoms. The van der Waals surface area contributed by atoms with Gasteiger partial charge in [0.1, 0.15) is 0 Å². The molecule has 0 aromatic heterocycles. The normalized spacial score (nSPS) is 14.5. The van der Waals surface area contributed by atoms with Gasteiger partial charge in [-0.25, -0.2) is 0 Å². The third-order valence-electron chi connectivity index (χ3n) is 2.35. The number of rotatable bonds is 6. The van der Waals surface area contributed by atoms with Crippen molar-refractivity contribution in [1.82, 2.24) is 5.32 Å². The van der Waals surface area contributed by atoms with Gasteiger partial charge in [0, 0.05) is 13.2 Å². The SMILES string of the molecule is C=CC(C)NC(COC)c1ccccc1. The highest BCUT2D eigenvalue weighted by Crippen LogP contribution is 2.13. The van der Waals surface area contributed by atoms with E-state index in [9.17, 15) is 0 Å². The highest BCUT2D eigenvalue weighted by molar-refractivity contribution is 5.19. The lowest BCUT2D eigenvalue weighted by Gasteiger charge is -2.21. The number of ether oxygens (including phenoxy) is 1. The van der Waals surface area contributed by atoms with Crippen LogP contribution in [0.15, 0.2) is 43.0 Å². The summed E-state index contributed by atoms with van der Waals surface area (Å²) in [6.45, 7) is 6.51. The van der Waals surface area contributed by atoms with Gasteiger partial charge in [0.15, 0.2) is 0 Å². The maximum atomic E-state index is 5.21. The molecule has 15 heavy (non-hydrogen) atoms. The van der Waals surface area contributed by atoms with Gasteiger partial charge in [0.2, 0.25) is 0 Å². The van der Waals surface area contributed by atoms with E-state index in [0.29, 0.717) is 6.61 Å². The van der Waals surface area contributed by atoms with Gasteiger partial charge < -0.3 is 10.1 Å². The molecule has 2 unspecified atom stereocenters. The second-order valence-corrected chi connectivity index (χ2v) is 3.61. The molecule has 1 aromatic rings. The van der Waals surface area contributed by atoms with E-state index in [1.54, 1.807) is 7.11 Å². The maximum Gasteiger partial charge on any atom is 0.0657 e. The van der Waals surface area contributed by atoms with Gasteiger partial charge in [0.25, 0.3) is 0 Å². The van der Waals surface area contributed by atoms with E-state index in [1.165, 1.54) is 5.56 Å². The molecule has 0 bridgehead atoms. The predicted octanol–water partition coefficient (Wildman–Crippen LogP) is 2.54. The van der Waals surface area contributed by atoms with Crippen LogP contribution in [0.3, 0.4) is 0 Å². The van der Waals surface area contributed by atoms with Crippen molar-refractivity contribution in [2.75, 3.05) is 13.7 Å². The zero-order valence-corrected chi connectivity index (χ0v) is 9.44. The maximum absolute atomic E-state index is 5.21. The van der Waals surface area contributed by atoms with Gasteiger partial charge in [-0.2, -0.15) is 0 Å². The van der Waals surface area contributed by atoms with Crippen LogP contribution in [0.25, 0.3) is 0 Å². The van der Waals surface area contributed by atoms with Crippen LogP contribution < -0.4 is 5.32 Å². The molecule has 0 fully saturated rings. The van der Waals surface area contributed by atoms with Crippen LogP contribution in [0.1, 0.15) is 18.5 Å². The predicted molar refractivity (Wildman–Crippen MR) is 63.9 cm³/mol. The monoisotopic (exact) mass is 205 g/mol. The standard InChI is InChI=1S/C13H19NO/c1-4-11(2)14-13(10-15-3)12-8-6-5-7-9-12/h4-9,11,13-14H,1,10H2,2-3H3. The van der Waals surface area contributed by atoms with E-state index in [-0.39, 0.29) is 12.1 Å². The molecule has 1 aromatic carbocycles. The minimum atomic E-state index is 0.226. The fourth-order valence-corrected chi connectivity index (χ4v) is 1.48. The topological polar surface area (TPSA) is 21.3 Å². The molecule has 0 radical (unpaired) electrons. The Bertz CT molecular complexity index is 284. The molecule has 1 N–H and O–H groups in total. The van der Waals surface area contributed by atoms with E-state index in [1.807, 2.05) is 24.3 Å². The molecule has 0 saturated carbocycles. The zero-order chi connectivity index (χ0) is 11.1. The van der Waals surface area contributed by atoms with E-state index in [0.717, 1.165) is 0 Å². The van der Waals surface area contributed by atoms with E-state index < -0.39 is 0 Å². The Morgan fingerprint density at radius 2 is 2.07 bits per heavy atom. The molecule has 0 aliphatic heterocycles. The molecule has 2 atom stereocenters. The van der Waals surface area contributed by atoms with Crippen molar-refractivity contribution >= 4 is 0 Å². The smallest absolute Gasteiger partial charge is 0.0657 e. The summed E-state index contributed by atoms with van der Waals surface area (Å²) in [6, 6.07) is 10.8. The van der Waals surface area contributed by atoms with Crippen LogP contribution >= 0.6 is 0 Å². The van der Waals surface area contributed by atoms with Crippen molar-refractivity contribution in [2.45, 2.75) is 19.0 Å². The van der Waals surface area contributed by atoms with Gasteiger partial charge in [-0.3, -0.25) is 0 Å². The Morgan fingerprint density at radius 3 is 2.60 bits per heavy atom. The number of methoxy groups -OCH3 is 1. The lowest BCUT2D eigenvalue weighted by Crippen LogP contribution is -2.31. The van der Waals surface area contributed by atoms with Crippen LogP contribution in [-0.4, -0.2) is 19.8 Å². The summed E-state index contributed by atoms with van der Waals surface area (Å²) in [4.78, 5) is 0.